The van der Waals surface area contributed by atoms with Gasteiger partial charge in [-0.2, -0.15) is 0 Å². The summed E-state index contributed by atoms with van der Waals surface area (Å²) in [7, 11) is 0. The van der Waals surface area contributed by atoms with Crippen LogP contribution in [0.3, 0.4) is 0 Å². The lowest BCUT2D eigenvalue weighted by molar-refractivity contribution is -0.133. The molecule has 0 aromatic rings. The summed E-state index contributed by atoms with van der Waals surface area (Å²) < 4.78 is 0.273. The maximum absolute atomic E-state index is 12.0. The van der Waals surface area contributed by atoms with Crippen molar-refractivity contribution in [2.45, 2.75) is 45.6 Å². The quantitative estimate of drug-likeness (QED) is 0.760. The first-order valence-corrected chi connectivity index (χ1v) is 6.62. The van der Waals surface area contributed by atoms with Gasteiger partial charge in [-0.05, 0) is 32.1 Å². The Morgan fingerprint density at radius 3 is 2.88 bits per heavy atom. The first-order valence-electron chi connectivity index (χ1n) is 5.86. The molecule has 1 amide bonds. The number of likely N-dealkylation sites (tertiary alicyclic amines) is 1. The first kappa shape index (κ1) is 13.9. The Balaban J connectivity index is 2.65. The van der Waals surface area contributed by atoms with Crippen molar-refractivity contribution in [1.82, 2.24) is 4.90 Å². The summed E-state index contributed by atoms with van der Waals surface area (Å²) in [5.74, 6) is 0.425. The van der Waals surface area contributed by atoms with Crippen LogP contribution in [0.15, 0.2) is 10.6 Å². The molecule has 1 fully saturated rings. The molecule has 1 saturated heterocycles. The van der Waals surface area contributed by atoms with Crippen LogP contribution in [0.5, 0.6) is 0 Å². The fourth-order valence-electron chi connectivity index (χ4n) is 2.10. The molecule has 0 aromatic carbocycles. The highest BCUT2D eigenvalue weighted by Gasteiger charge is 2.24. The molecular formula is C12H19Cl2NO. The lowest BCUT2D eigenvalue weighted by atomic mass is 10.0. The average Bonchev–Trinajstić information content (AvgIpc) is 2.38. The molecule has 0 radical (unpaired) electrons. The zero-order valence-electron chi connectivity index (χ0n) is 9.88. The Kier molecular flexibility index (Phi) is 5.63. The normalized spacial score (nSPS) is 23.9. The predicted molar refractivity (Wildman–Crippen MR) is 68.6 cm³/mol. The van der Waals surface area contributed by atoms with Crippen molar-refractivity contribution in [3.05, 3.63) is 10.6 Å². The first-order chi connectivity index (χ1) is 7.54. The number of hydrogen-bond donors (Lipinski definition) is 0. The van der Waals surface area contributed by atoms with E-state index in [1.165, 1.54) is 0 Å². The number of hydrogen-bond acceptors (Lipinski definition) is 1. The van der Waals surface area contributed by atoms with Gasteiger partial charge in [-0.25, -0.2) is 0 Å². The van der Waals surface area contributed by atoms with Crippen molar-refractivity contribution in [3.63, 3.8) is 0 Å². The van der Waals surface area contributed by atoms with E-state index in [1.807, 2.05) is 4.90 Å². The summed E-state index contributed by atoms with van der Waals surface area (Å²) in [5.41, 5.74) is 0. The lowest BCUT2D eigenvalue weighted by Crippen LogP contribution is -2.38. The number of allylic oxidation sites excluding steroid dienone is 1. The van der Waals surface area contributed by atoms with E-state index in [4.69, 9.17) is 23.2 Å². The minimum Gasteiger partial charge on any atom is -0.340 e. The maximum Gasteiger partial charge on any atom is 0.223 e. The Labute approximate surface area is 108 Å². The van der Waals surface area contributed by atoms with E-state index >= 15 is 0 Å². The molecule has 1 aliphatic heterocycles. The summed E-state index contributed by atoms with van der Waals surface area (Å²) in [5, 5.41) is 0. The topological polar surface area (TPSA) is 20.3 Å². The summed E-state index contributed by atoms with van der Waals surface area (Å²) in [6, 6.07) is 0.335. The Bertz CT molecular complexity index is 274. The van der Waals surface area contributed by atoms with Gasteiger partial charge in [0, 0.05) is 19.0 Å². The van der Waals surface area contributed by atoms with Gasteiger partial charge in [-0.15, -0.1) is 0 Å². The summed E-state index contributed by atoms with van der Waals surface area (Å²) in [6.07, 6.45) is 5.34. The molecule has 1 heterocycles. The zero-order valence-corrected chi connectivity index (χ0v) is 11.4. The predicted octanol–water partition coefficient (Wildman–Crippen LogP) is 3.73. The van der Waals surface area contributed by atoms with E-state index in [1.54, 1.807) is 6.08 Å². The highest BCUT2D eigenvalue weighted by atomic mass is 35.5. The number of carbonyl (C=O) groups is 1. The second-order valence-corrected chi connectivity index (χ2v) is 5.42. The Morgan fingerprint density at radius 1 is 1.62 bits per heavy atom. The average molecular weight is 264 g/mol. The monoisotopic (exact) mass is 263 g/mol. The van der Waals surface area contributed by atoms with Crippen molar-refractivity contribution < 1.29 is 4.79 Å². The molecule has 1 aliphatic rings. The van der Waals surface area contributed by atoms with E-state index in [0.717, 1.165) is 25.8 Å². The number of amides is 1. The van der Waals surface area contributed by atoms with Crippen LogP contribution in [-0.2, 0) is 4.79 Å². The standard InChI is InChI=1S/C12H19Cl2NO/c1-3-9(2)15-6-4-5-10(7-11(13)14)8-12(15)16/h7,9-10H,3-6,8H2,1-2H3. The van der Waals surface area contributed by atoms with E-state index < -0.39 is 0 Å². The third kappa shape index (κ3) is 3.99. The minimum atomic E-state index is 0.201. The second kappa shape index (κ2) is 6.51. The molecule has 0 aromatic heterocycles. The van der Waals surface area contributed by atoms with E-state index in [9.17, 15) is 4.79 Å². The molecule has 2 unspecified atom stereocenters. The number of nitrogens with zero attached hydrogens (tertiary/aromatic N) is 1. The molecule has 1 rings (SSSR count). The molecule has 2 atom stereocenters. The molecule has 0 bridgehead atoms. The van der Waals surface area contributed by atoms with Crippen LogP contribution in [0.25, 0.3) is 0 Å². The van der Waals surface area contributed by atoms with Crippen molar-refractivity contribution in [2.24, 2.45) is 5.92 Å². The number of rotatable bonds is 3. The van der Waals surface area contributed by atoms with Crippen LogP contribution in [-0.4, -0.2) is 23.4 Å². The van der Waals surface area contributed by atoms with Crippen LogP contribution in [0.2, 0.25) is 0 Å². The van der Waals surface area contributed by atoms with Gasteiger partial charge in [0.05, 0.1) is 0 Å². The van der Waals surface area contributed by atoms with Crippen molar-refractivity contribution in [2.75, 3.05) is 6.54 Å². The molecule has 0 aliphatic carbocycles. The van der Waals surface area contributed by atoms with Gasteiger partial charge < -0.3 is 4.90 Å². The Morgan fingerprint density at radius 2 is 2.31 bits per heavy atom. The maximum atomic E-state index is 12.0. The fraction of sp³-hybridized carbons (Fsp3) is 0.750. The van der Waals surface area contributed by atoms with Crippen molar-refractivity contribution in [3.8, 4) is 0 Å². The van der Waals surface area contributed by atoms with Gasteiger partial charge in [0.2, 0.25) is 5.91 Å². The van der Waals surface area contributed by atoms with Crippen LogP contribution >= 0.6 is 23.2 Å². The van der Waals surface area contributed by atoms with Crippen LogP contribution in [0, 0.1) is 5.92 Å². The second-order valence-electron chi connectivity index (χ2n) is 4.41. The molecule has 4 heteroatoms. The number of carbonyl (C=O) groups excluding carboxylic acids is 1. The minimum absolute atomic E-state index is 0.201. The molecule has 16 heavy (non-hydrogen) atoms. The summed E-state index contributed by atoms with van der Waals surface area (Å²) >= 11 is 11.3. The van der Waals surface area contributed by atoms with Gasteiger partial charge in [0.15, 0.2) is 0 Å². The third-order valence-electron chi connectivity index (χ3n) is 3.22. The molecule has 0 spiro atoms. The van der Waals surface area contributed by atoms with Crippen LogP contribution < -0.4 is 0 Å². The molecule has 2 nitrogen and oxygen atoms in total. The van der Waals surface area contributed by atoms with Gasteiger partial charge in [0.25, 0.3) is 0 Å². The Hall–Kier alpha value is -0.210. The number of halogens is 2. The SMILES string of the molecule is CCC(C)N1CCCC(C=C(Cl)Cl)CC1=O. The van der Waals surface area contributed by atoms with Gasteiger partial charge in [0.1, 0.15) is 4.49 Å². The molecule has 92 valence electrons. The largest absolute Gasteiger partial charge is 0.340 e. The molecule has 0 N–H and O–H groups in total. The van der Waals surface area contributed by atoms with Crippen molar-refractivity contribution >= 4 is 29.1 Å². The van der Waals surface area contributed by atoms with Gasteiger partial charge in [-0.3, -0.25) is 4.79 Å². The van der Waals surface area contributed by atoms with E-state index in [0.29, 0.717) is 12.5 Å². The van der Waals surface area contributed by atoms with Gasteiger partial charge in [-0.1, -0.05) is 36.2 Å². The van der Waals surface area contributed by atoms with Crippen LogP contribution in [0.4, 0.5) is 0 Å². The molecule has 0 saturated carbocycles. The van der Waals surface area contributed by atoms with E-state index in [2.05, 4.69) is 13.8 Å². The lowest BCUT2D eigenvalue weighted by Gasteiger charge is -2.27. The summed E-state index contributed by atoms with van der Waals surface area (Å²) in [6.45, 7) is 5.07. The third-order valence-corrected chi connectivity index (χ3v) is 3.47. The summed E-state index contributed by atoms with van der Waals surface area (Å²) in [4.78, 5) is 14.0. The molecular weight excluding hydrogens is 245 g/mol. The van der Waals surface area contributed by atoms with E-state index in [-0.39, 0.29) is 16.3 Å². The zero-order chi connectivity index (χ0) is 12.1. The van der Waals surface area contributed by atoms with Gasteiger partial charge >= 0.3 is 0 Å². The highest BCUT2D eigenvalue weighted by Crippen LogP contribution is 2.24. The fourth-order valence-corrected chi connectivity index (χ4v) is 2.46. The highest BCUT2D eigenvalue weighted by molar-refractivity contribution is 6.55. The van der Waals surface area contributed by atoms with Crippen molar-refractivity contribution in [1.29, 1.82) is 0 Å². The van der Waals surface area contributed by atoms with Crippen LogP contribution in [0.1, 0.15) is 39.5 Å². The smallest absolute Gasteiger partial charge is 0.223 e.